The number of aliphatic hydroxyl groups is 1. The number of carbonyl (C=O) groups is 1. The van der Waals surface area contributed by atoms with Gasteiger partial charge < -0.3 is 21.1 Å². The van der Waals surface area contributed by atoms with Crippen LogP contribution in [-0.2, 0) is 0 Å². The van der Waals surface area contributed by atoms with Crippen molar-refractivity contribution < 1.29 is 9.90 Å². The highest BCUT2D eigenvalue weighted by atomic mass is 16.3. The number of hydrogen-bond donors (Lipinski definition) is 3. The summed E-state index contributed by atoms with van der Waals surface area (Å²) in [5, 5.41) is 12.8. The lowest BCUT2D eigenvalue weighted by atomic mass is 10.1. The molecule has 1 aliphatic rings. The number of pyridine rings is 1. The number of nitrogen functional groups attached to an aromatic ring is 1. The second-order valence-corrected chi connectivity index (χ2v) is 7.26. The summed E-state index contributed by atoms with van der Waals surface area (Å²) in [4.78, 5) is 19.3. The van der Waals surface area contributed by atoms with Crippen LogP contribution in [0.2, 0.25) is 0 Å². The number of carbonyl (C=O) groups excluding carboxylic acids is 1. The summed E-state index contributed by atoms with van der Waals surface area (Å²) in [6, 6.07) is 3.34. The Morgan fingerprint density at radius 3 is 2.66 bits per heavy atom. The molecule has 6 heteroatoms. The molecule has 6 nitrogen and oxygen atoms in total. The lowest BCUT2D eigenvalue weighted by molar-refractivity contribution is 0.0731. The molecule has 0 spiro atoms. The first kappa shape index (κ1) is 22.3. The van der Waals surface area contributed by atoms with E-state index in [1.807, 2.05) is 27.0 Å². The van der Waals surface area contributed by atoms with E-state index in [9.17, 15) is 9.90 Å². The summed E-state index contributed by atoms with van der Waals surface area (Å²) in [6.07, 6.45) is 10.4. The highest BCUT2D eigenvalue weighted by Gasteiger charge is 2.29. The van der Waals surface area contributed by atoms with Crippen LogP contribution >= 0.6 is 0 Å². The molecule has 0 bridgehead atoms. The zero-order valence-electron chi connectivity index (χ0n) is 18.0. The highest BCUT2D eigenvalue weighted by molar-refractivity contribution is 5.94. The van der Waals surface area contributed by atoms with Crippen molar-refractivity contribution in [2.24, 2.45) is 0 Å². The smallest absolute Gasteiger partial charge is 0.272 e. The Hall–Kier alpha value is -3.02. The number of amides is 1. The van der Waals surface area contributed by atoms with E-state index in [4.69, 9.17) is 5.73 Å². The van der Waals surface area contributed by atoms with Crippen LogP contribution in [-0.4, -0.2) is 34.0 Å². The number of nitrogens with one attached hydrogen (secondary N) is 1. The fraction of sp³-hybridized carbons (Fsp3) is 0.391. The van der Waals surface area contributed by atoms with Crippen LogP contribution in [0, 0.1) is 0 Å². The molecule has 1 aliphatic carbocycles. The predicted molar refractivity (Wildman–Crippen MR) is 120 cm³/mol. The fourth-order valence-electron chi connectivity index (χ4n) is 3.55. The normalized spacial score (nSPS) is 17.9. The molecule has 0 aliphatic heterocycles. The molecule has 0 saturated carbocycles. The molecule has 156 valence electrons. The first-order chi connectivity index (χ1) is 13.8. The summed E-state index contributed by atoms with van der Waals surface area (Å²) in [7, 11) is 1.82. The minimum atomic E-state index is -0.167. The molecule has 1 amide bonds. The van der Waals surface area contributed by atoms with Crippen molar-refractivity contribution >= 4 is 17.4 Å². The first-order valence-corrected chi connectivity index (χ1v) is 9.98. The van der Waals surface area contributed by atoms with Gasteiger partial charge in [0.2, 0.25) is 0 Å². The van der Waals surface area contributed by atoms with Crippen LogP contribution in [0.3, 0.4) is 0 Å². The Morgan fingerprint density at radius 2 is 2.07 bits per heavy atom. The first-order valence-electron chi connectivity index (χ1n) is 9.98. The predicted octanol–water partition coefficient (Wildman–Crippen LogP) is 4.96. The van der Waals surface area contributed by atoms with Crippen molar-refractivity contribution in [2.45, 2.75) is 53.0 Å². The van der Waals surface area contributed by atoms with E-state index < -0.39 is 0 Å². The Bertz CT molecular complexity index is 877. The monoisotopic (exact) mass is 396 g/mol. The third-order valence-corrected chi connectivity index (χ3v) is 5.11. The molecule has 29 heavy (non-hydrogen) atoms. The van der Waals surface area contributed by atoms with Crippen molar-refractivity contribution in [1.29, 1.82) is 0 Å². The fourth-order valence-corrected chi connectivity index (χ4v) is 3.55. The summed E-state index contributed by atoms with van der Waals surface area (Å²) >= 11 is 0. The SMILES string of the molecule is C/C=C\C1=C(CC)CC(N(C)C(=O)c2cc(N)cc(NC(/C=C\C)=C(/C)O)n2)C1. The molecule has 0 aromatic carbocycles. The zero-order chi connectivity index (χ0) is 21.6. The third-order valence-electron chi connectivity index (χ3n) is 5.11. The van der Waals surface area contributed by atoms with Gasteiger partial charge in [-0.25, -0.2) is 4.98 Å². The second-order valence-electron chi connectivity index (χ2n) is 7.26. The van der Waals surface area contributed by atoms with Crippen LogP contribution in [0.5, 0.6) is 0 Å². The molecule has 1 atom stereocenters. The number of aromatic nitrogens is 1. The average molecular weight is 397 g/mol. The number of anilines is 2. The molecule has 0 radical (unpaired) electrons. The van der Waals surface area contributed by atoms with E-state index in [0.717, 1.165) is 19.3 Å². The van der Waals surface area contributed by atoms with E-state index in [2.05, 4.69) is 23.3 Å². The van der Waals surface area contributed by atoms with Crippen LogP contribution in [0.4, 0.5) is 11.5 Å². The molecule has 1 heterocycles. The van der Waals surface area contributed by atoms with Gasteiger partial charge >= 0.3 is 0 Å². The molecule has 0 saturated heterocycles. The molecule has 1 unspecified atom stereocenters. The van der Waals surface area contributed by atoms with E-state index in [-0.39, 0.29) is 23.4 Å². The molecule has 1 aromatic rings. The number of hydrogen-bond acceptors (Lipinski definition) is 5. The Balaban J connectivity index is 2.23. The van der Waals surface area contributed by atoms with Crippen LogP contribution in [0.1, 0.15) is 57.4 Å². The van der Waals surface area contributed by atoms with Crippen molar-refractivity contribution in [3.05, 3.63) is 64.7 Å². The van der Waals surface area contributed by atoms with Crippen molar-refractivity contribution in [3.8, 4) is 0 Å². The minimum absolute atomic E-state index is 0.112. The van der Waals surface area contributed by atoms with Crippen molar-refractivity contribution in [3.63, 3.8) is 0 Å². The molecule has 2 rings (SSSR count). The minimum Gasteiger partial charge on any atom is -0.510 e. The molecule has 4 N–H and O–H groups in total. The molecular formula is C23H32N4O2. The highest BCUT2D eigenvalue weighted by Crippen LogP contribution is 2.33. The van der Waals surface area contributed by atoms with E-state index in [1.54, 1.807) is 36.1 Å². The van der Waals surface area contributed by atoms with Gasteiger partial charge in [0, 0.05) is 24.8 Å². The van der Waals surface area contributed by atoms with Gasteiger partial charge in [0.05, 0.1) is 5.70 Å². The number of nitrogens with zero attached hydrogens (tertiary/aromatic N) is 2. The van der Waals surface area contributed by atoms with Gasteiger partial charge in [0.1, 0.15) is 17.3 Å². The van der Waals surface area contributed by atoms with Gasteiger partial charge in [-0.2, -0.15) is 0 Å². The summed E-state index contributed by atoms with van der Waals surface area (Å²) in [6.45, 7) is 7.59. The van der Waals surface area contributed by atoms with Gasteiger partial charge in [-0.1, -0.05) is 30.7 Å². The van der Waals surface area contributed by atoms with Gasteiger partial charge in [0.15, 0.2) is 0 Å². The van der Waals surface area contributed by atoms with Gasteiger partial charge in [-0.3, -0.25) is 4.79 Å². The maximum Gasteiger partial charge on any atom is 0.272 e. The van der Waals surface area contributed by atoms with E-state index >= 15 is 0 Å². The van der Waals surface area contributed by atoms with Crippen molar-refractivity contribution in [2.75, 3.05) is 18.1 Å². The van der Waals surface area contributed by atoms with Crippen LogP contribution in [0.15, 0.2) is 59.0 Å². The van der Waals surface area contributed by atoms with Crippen LogP contribution in [0.25, 0.3) is 0 Å². The van der Waals surface area contributed by atoms with E-state index in [0.29, 0.717) is 17.2 Å². The van der Waals surface area contributed by atoms with Gasteiger partial charge in [0.25, 0.3) is 5.91 Å². The van der Waals surface area contributed by atoms with Gasteiger partial charge in [-0.05, 0) is 57.7 Å². The van der Waals surface area contributed by atoms with Crippen molar-refractivity contribution in [1.82, 2.24) is 9.88 Å². The summed E-state index contributed by atoms with van der Waals surface area (Å²) in [5.74, 6) is 0.370. The Labute approximate surface area is 173 Å². The summed E-state index contributed by atoms with van der Waals surface area (Å²) in [5.41, 5.74) is 9.95. The number of rotatable bonds is 7. The number of aliphatic hydroxyl groups excluding tert-OH is 1. The number of nitrogens with two attached hydrogens (primary N) is 1. The van der Waals surface area contributed by atoms with Crippen LogP contribution < -0.4 is 11.1 Å². The Kier molecular flexibility index (Phi) is 7.65. The maximum absolute atomic E-state index is 13.1. The third kappa shape index (κ3) is 5.50. The number of allylic oxidation sites excluding steroid dienone is 5. The molecular weight excluding hydrogens is 364 g/mol. The lowest BCUT2D eigenvalue weighted by Gasteiger charge is -2.25. The second kappa shape index (κ2) is 9.96. The van der Waals surface area contributed by atoms with Gasteiger partial charge in [-0.15, -0.1) is 0 Å². The van der Waals surface area contributed by atoms with E-state index in [1.165, 1.54) is 11.1 Å². The maximum atomic E-state index is 13.1. The summed E-state index contributed by atoms with van der Waals surface area (Å²) < 4.78 is 0. The molecule has 0 fully saturated rings. The molecule has 1 aromatic heterocycles. The topological polar surface area (TPSA) is 91.5 Å². The Morgan fingerprint density at radius 1 is 1.34 bits per heavy atom. The lowest BCUT2D eigenvalue weighted by Crippen LogP contribution is -2.36. The largest absolute Gasteiger partial charge is 0.510 e. The quantitative estimate of drug-likeness (QED) is 0.448. The average Bonchev–Trinajstić information content (AvgIpc) is 3.09. The standard InChI is InChI=1S/C23H32N4O2/c1-6-9-17-12-19(11-16(17)8-3)27(5)23(29)21-13-18(24)14-22(26-21)25-20(10-7-2)15(4)28/h6-7,9-10,13-14,19,28H,8,11-12H2,1-5H3,(H3,24,25,26)/b9-6-,10-7-,20-15-. The zero-order valence-corrected chi connectivity index (χ0v) is 18.0.